The molecule has 6 aromatic rings. The Labute approximate surface area is 396 Å². The molecule has 0 saturated heterocycles. The predicted octanol–water partition coefficient (Wildman–Crippen LogP) is 17.4. The maximum atomic E-state index is 3.06. The summed E-state index contributed by atoms with van der Waals surface area (Å²) in [5.74, 6) is 0. The molecule has 0 aliphatic heterocycles. The Kier molecular flexibility index (Phi) is 20.6. The van der Waals surface area contributed by atoms with Gasteiger partial charge in [-0.25, -0.2) is 0 Å². The van der Waals surface area contributed by atoms with E-state index < -0.39 is 0 Å². The van der Waals surface area contributed by atoms with Crippen molar-refractivity contribution in [2.45, 2.75) is 143 Å². The first-order chi connectivity index (χ1) is 26.7. The molecule has 0 N–H and O–H groups in total. The first-order valence-electron chi connectivity index (χ1n) is 21.5. The summed E-state index contributed by atoms with van der Waals surface area (Å²) < 4.78 is 0. The second kappa shape index (κ2) is 22.9. The summed E-state index contributed by atoms with van der Waals surface area (Å²) in [6.45, 7) is 21.9. The van der Waals surface area contributed by atoms with Crippen molar-refractivity contribution in [2.24, 2.45) is 10.8 Å². The average molecular weight is 937 g/mol. The topological polar surface area (TPSA) is 0 Å². The van der Waals surface area contributed by atoms with E-state index in [1.165, 1.54) is 166 Å². The molecule has 2 aliphatic rings. The van der Waals surface area contributed by atoms with E-state index >= 15 is 0 Å². The fraction of sp³-hybridized carbons (Fsp3) is 0.429. The van der Waals surface area contributed by atoms with Crippen LogP contribution in [-0.2, 0) is 47.0 Å². The molecule has 0 heterocycles. The van der Waals surface area contributed by atoms with Crippen molar-refractivity contribution in [3.05, 3.63) is 146 Å². The van der Waals surface area contributed by atoms with Gasteiger partial charge >= 0.3 is 30.2 Å². The second-order valence-corrected chi connectivity index (χ2v) is 20.0. The molecular weight excluding hydrogens is 863 g/mol. The summed E-state index contributed by atoms with van der Waals surface area (Å²) in [7, 11) is 0. The fourth-order valence-corrected chi connectivity index (χ4v) is 10.2. The zero-order chi connectivity index (χ0) is 40.1. The molecule has 0 aromatic heterocycles. The van der Waals surface area contributed by atoms with E-state index in [2.05, 4.69) is 171 Å². The molecule has 0 amide bonds. The van der Waals surface area contributed by atoms with Crippen LogP contribution in [0.4, 0.5) is 0 Å². The Balaban J connectivity index is 0.000000373. The molecule has 324 valence electrons. The Morgan fingerprint density at radius 3 is 1.13 bits per heavy atom. The van der Waals surface area contributed by atoms with Gasteiger partial charge in [-0.3, -0.25) is 0 Å². The predicted molar refractivity (Wildman–Crippen MR) is 270 cm³/mol. The van der Waals surface area contributed by atoms with E-state index in [9.17, 15) is 0 Å². The number of hydrogen-bond acceptors (Lipinski definition) is 0. The maximum absolute atomic E-state index is 3.06. The van der Waals surface area contributed by atoms with E-state index in [0.29, 0.717) is 10.8 Å². The third-order valence-electron chi connectivity index (χ3n) is 13.1. The van der Waals surface area contributed by atoms with E-state index in [0.717, 1.165) is 0 Å². The summed E-state index contributed by atoms with van der Waals surface area (Å²) in [4.78, 5) is 0. The number of rotatable bonds is 6. The van der Waals surface area contributed by atoms with Crippen molar-refractivity contribution in [3.8, 4) is 22.3 Å². The quantitative estimate of drug-likeness (QED) is 0.115. The summed E-state index contributed by atoms with van der Waals surface area (Å²) in [6.07, 6.45) is 16.4. The van der Waals surface area contributed by atoms with Gasteiger partial charge in [0.05, 0.1) is 0 Å². The van der Waals surface area contributed by atoms with Crippen LogP contribution in [0.3, 0.4) is 0 Å². The monoisotopic (exact) mass is 934 g/mol. The van der Waals surface area contributed by atoms with Crippen LogP contribution < -0.4 is 0 Å². The van der Waals surface area contributed by atoms with Gasteiger partial charge in [0.1, 0.15) is 0 Å². The van der Waals surface area contributed by atoms with Crippen LogP contribution >= 0.6 is 24.8 Å². The van der Waals surface area contributed by atoms with Crippen molar-refractivity contribution < 1.29 is 23.3 Å². The van der Waals surface area contributed by atoms with Crippen molar-refractivity contribution in [1.29, 1.82) is 0 Å². The summed E-state index contributed by atoms with van der Waals surface area (Å²) in [5.41, 5.74) is 12.7. The van der Waals surface area contributed by atoms with Crippen LogP contribution in [0.5, 0.6) is 0 Å². The molecule has 8 rings (SSSR count). The SMILES string of the molecule is CC1(Cc2cc3c(-c4ccccc4C(C)(C)C)cccc3[cH-]2)CCCCC1.CC1(Cc2cc3c(-c4ccccc4C(C)(C)C)cccc3[cH-]2)CCCCC1.Cl.Cl.[CH3-].[CH3-].[Si]=[Zr]. The molecule has 0 nitrogen and oxygen atoms in total. The molecule has 60 heavy (non-hydrogen) atoms. The van der Waals surface area contributed by atoms with Crippen LogP contribution in [0.1, 0.15) is 142 Å². The minimum atomic E-state index is 0. The molecule has 2 saturated carbocycles. The Morgan fingerprint density at radius 1 is 0.483 bits per heavy atom. The van der Waals surface area contributed by atoms with Gasteiger partial charge in [-0.05, 0) is 82.4 Å². The van der Waals surface area contributed by atoms with E-state index in [4.69, 9.17) is 0 Å². The zero-order valence-corrected chi connectivity index (χ0v) is 43.8. The molecule has 2 aliphatic carbocycles. The molecular formula is C56H74Cl2SiZr-4. The van der Waals surface area contributed by atoms with Gasteiger partial charge in [0.25, 0.3) is 0 Å². The van der Waals surface area contributed by atoms with Gasteiger partial charge in [0.15, 0.2) is 0 Å². The van der Waals surface area contributed by atoms with Crippen molar-refractivity contribution in [1.82, 2.24) is 0 Å². The van der Waals surface area contributed by atoms with Crippen LogP contribution in [0.2, 0.25) is 0 Å². The van der Waals surface area contributed by atoms with Gasteiger partial charge in [0, 0.05) is 0 Å². The molecule has 0 bridgehead atoms. The third kappa shape index (κ3) is 12.9. The number of hydrogen-bond donors (Lipinski definition) is 0. The Morgan fingerprint density at radius 2 is 0.800 bits per heavy atom. The van der Waals surface area contributed by atoms with Crippen molar-refractivity contribution >= 4 is 53.2 Å². The second-order valence-electron chi connectivity index (χ2n) is 20.0. The molecule has 2 radical (unpaired) electrons. The van der Waals surface area contributed by atoms with Gasteiger partial charge in [-0.1, -0.05) is 166 Å². The Hall–Kier alpha value is -2.22. The van der Waals surface area contributed by atoms with E-state index in [1.54, 1.807) is 0 Å². The minimum absolute atomic E-state index is 0. The number of halogens is 2. The van der Waals surface area contributed by atoms with Crippen LogP contribution in [-0.4, -0.2) is 6.88 Å². The van der Waals surface area contributed by atoms with Gasteiger partial charge in [-0.2, -0.15) is 12.1 Å². The van der Waals surface area contributed by atoms with Crippen molar-refractivity contribution in [2.75, 3.05) is 0 Å². The van der Waals surface area contributed by atoms with E-state index in [-0.39, 0.29) is 50.5 Å². The van der Waals surface area contributed by atoms with Gasteiger partial charge in [0.2, 0.25) is 0 Å². The van der Waals surface area contributed by atoms with Crippen molar-refractivity contribution in [3.63, 3.8) is 0 Å². The third-order valence-corrected chi connectivity index (χ3v) is 13.1. The summed E-state index contributed by atoms with van der Waals surface area (Å²) >= 11 is 1.36. The van der Waals surface area contributed by atoms with Gasteiger partial charge in [-0.15, -0.1) is 93.9 Å². The molecule has 0 spiro atoms. The fourth-order valence-electron chi connectivity index (χ4n) is 10.2. The number of fused-ring (bicyclic) bond motifs is 2. The molecule has 0 unspecified atom stereocenters. The van der Waals surface area contributed by atoms with E-state index in [1.807, 2.05) is 0 Å². The normalized spacial score (nSPS) is 15.7. The summed E-state index contributed by atoms with van der Waals surface area (Å²) in [5, 5.41) is 5.63. The Bertz CT molecular complexity index is 2050. The standard InChI is InChI=1S/2C27H33.2CH3.2ClH.Si.Zr/c2*1-26(2,3)25-14-7-6-12-23(25)22-13-10-11-21-17-20(18-24(21)22)19-27(4)15-8-5-9-16-27;;;;;;/h2*6-7,10-14,17-18H,5,8-9,15-16,19H2,1-4H3;2*1H3;2*1H;;/q4*-1;;;;. The summed E-state index contributed by atoms with van der Waals surface area (Å²) in [6, 6.07) is 41.3. The molecule has 4 heteroatoms. The molecule has 6 aromatic carbocycles. The van der Waals surface area contributed by atoms with Crippen LogP contribution in [0.15, 0.2) is 109 Å². The molecule has 2 fully saturated rings. The van der Waals surface area contributed by atoms with Gasteiger partial charge < -0.3 is 14.9 Å². The first-order valence-corrected chi connectivity index (χ1v) is 25.7. The zero-order valence-electron chi connectivity index (χ0n) is 38.7. The number of benzene rings is 4. The van der Waals surface area contributed by atoms with Crippen LogP contribution in [0.25, 0.3) is 43.8 Å². The molecule has 0 atom stereocenters. The first kappa shape index (κ1) is 53.9. The van der Waals surface area contributed by atoms with Crippen LogP contribution in [0, 0.1) is 25.7 Å². The average Bonchev–Trinajstić information content (AvgIpc) is 3.78.